The minimum absolute atomic E-state index is 0.00739. The predicted molar refractivity (Wildman–Crippen MR) is 244 cm³/mol. The van der Waals surface area contributed by atoms with E-state index in [0.29, 0.717) is 23.7 Å². The Bertz CT molecular complexity index is 1790. The molecule has 6 aliphatic rings. The van der Waals surface area contributed by atoms with Gasteiger partial charge in [0, 0.05) is 55.7 Å². The van der Waals surface area contributed by atoms with E-state index in [2.05, 4.69) is 110 Å². The van der Waals surface area contributed by atoms with E-state index >= 15 is 0 Å². The van der Waals surface area contributed by atoms with Gasteiger partial charge in [0.1, 0.15) is 6.10 Å². The molecule has 1 heterocycles. The fourth-order valence-electron chi connectivity index (χ4n) is 14.2. The van der Waals surface area contributed by atoms with Gasteiger partial charge in [0.05, 0.1) is 0 Å². The van der Waals surface area contributed by atoms with Crippen molar-refractivity contribution in [2.45, 2.75) is 172 Å². The number of aliphatic carboxylic acids is 1. The molecule has 3 unspecified atom stereocenters. The molecule has 0 aromatic rings. The summed E-state index contributed by atoms with van der Waals surface area (Å²) in [5.41, 5.74) is 5.68. The van der Waals surface area contributed by atoms with E-state index in [1.165, 1.54) is 23.1 Å². The molecule has 4 saturated carbocycles. The van der Waals surface area contributed by atoms with Gasteiger partial charge < -0.3 is 14.7 Å². The van der Waals surface area contributed by atoms with Crippen LogP contribution < -0.4 is 0 Å². The summed E-state index contributed by atoms with van der Waals surface area (Å²) in [4.78, 5) is 43.7. The first-order valence-electron chi connectivity index (χ1n) is 23.9. The number of hydrogen-bond donors (Lipinski definition) is 1. The van der Waals surface area contributed by atoms with Crippen LogP contribution in [0, 0.1) is 50.2 Å². The molecule has 1 N–H and O–H groups in total. The third-order valence-corrected chi connectivity index (χ3v) is 18.3. The fourth-order valence-corrected chi connectivity index (χ4v) is 14.2. The van der Waals surface area contributed by atoms with Gasteiger partial charge in [-0.05, 0) is 157 Å². The molecular formula is C53H82N2O5. The van der Waals surface area contributed by atoms with E-state index in [4.69, 9.17) is 4.74 Å². The Kier molecular flexibility index (Phi) is 13.7. The lowest BCUT2D eigenvalue weighted by Gasteiger charge is -2.71. The lowest BCUT2D eigenvalue weighted by molar-refractivity contribution is -0.228. The number of carbonyl (C=O) groups excluding carboxylic acids is 2. The van der Waals surface area contributed by atoms with Gasteiger partial charge in [0.25, 0.3) is 0 Å². The van der Waals surface area contributed by atoms with Crippen LogP contribution in [0.25, 0.3) is 0 Å². The highest BCUT2D eigenvalue weighted by atomic mass is 16.5. The number of esters is 1. The van der Waals surface area contributed by atoms with Crippen molar-refractivity contribution in [1.29, 1.82) is 0 Å². The van der Waals surface area contributed by atoms with Gasteiger partial charge >= 0.3 is 11.9 Å². The molecule has 6 rings (SSSR count). The Hall–Kier alpha value is -2.93. The molecular weight excluding hydrogens is 745 g/mol. The first-order valence-corrected chi connectivity index (χ1v) is 23.9. The Morgan fingerprint density at radius 2 is 1.42 bits per heavy atom. The number of piperazine rings is 1. The molecule has 0 aromatic carbocycles. The number of carbonyl (C=O) groups is 3. The van der Waals surface area contributed by atoms with E-state index in [-0.39, 0.29) is 38.6 Å². The number of allylic oxidation sites excluding steroid dienone is 7. The third-order valence-electron chi connectivity index (χ3n) is 18.3. The zero-order valence-corrected chi connectivity index (χ0v) is 39.7. The average Bonchev–Trinajstić information content (AvgIpc) is 3.18. The van der Waals surface area contributed by atoms with Crippen molar-refractivity contribution in [2.75, 3.05) is 32.7 Å². The Labute approximate surface area is 364 Å². The number of ether oxygens (including phenoxy) is 1. The van der Waals surface area contributed by atoms with Crippen LogP contribution in [-0.2, 0) is 19.1 Å². The third kappa shape index (κ3) is 8.96. The highest BCUT2D eigenvalue weighted by Crippen LogP contribution is 2.76. The largest absolute Gasteiger partial charge is 0.478 e. The lowest BCUT2D eigenvalue weighted by atomic mass is 9.33. The monoisotopic (exact) mass is 827 g/mol. The van der Waals surface area contributed by atoms with Crippen molar-refractivity contribution < 1.29 is 24.2 Å². The van der Waals surface area contributed by atoms with Crippen molar-refractivity contribution in [3.63, 3.8) is 0 Å². The predicted octanol–water partition coefficient (Wildman–Crippen LogP) is 11.9. The topological polar surface area (TPSA) is 87.2 Å². The molecule has 9 atom stereocenters. The van der Waals surface area contributed by atoms with Crippen LogP contribution in [-0.4, -0.2) is 71.6 Å². The summed E-state index contributed by atoms with van der Waals surface area (Å²) in [6, 6.07) is 0. The summed E-state index contributed by atoms with van der Waals surface area (Å²) in [7, 11) is 0. The lowest BCUT2D eigenvalue weighted by Crippen LogP contribution is -2.66. The summed E-state index contributed by atoms with van der Waals surface area (Å²) in [5, 5.41) is 9.20. The second kappa shape index (κ2) is 17.7. The van der Waals surface area contributed by atoms with E-state index in [9.17, 15) is 19.5 Å². The molecule has 1 amide bonds. The molecule has 334 valence electrons. The number of nitrogens with zero attached hydrogens (tertiary/aromatic N) is 2. The van der Waals surface area contributed by atoms with Crippen molar-refractivity contribution in [1.82, 2.24) is 9.80 Å². The smallest absolute Gasteiger partial charge is 0.331 e. The van der Waals surface area contributed by atoms with Gasteiger partial charge in [-0.1, -0.05) is 95.1 Å². The number of carboxylic acids is 1. The summed E-state index contributed by atoms with van der Waals surface area (Å²) in [6.45, 7) is 30.5. The second-order valence-electron chi connectivity index (χ2n) is 22.8. The molecule has 7 nitrogen and oxygen atoms in total. The van der Waals surface area contributed by atoms with Gasteiger partial charge in [-0.2, -0.15) is 0 Å². The first-order chi connectivity index (χ1) is 28.1. The molecule has 5 aliphatic carbocycles. The van der Waals surface area contributed by atoms with E-state index < -0.39 is 11.9 Å². The molecule has 0 radical (unpaired) electrons. The molecule has 1 aliphatic heterocycles. The first kappa shape index (κ1) is 46.6. The maximum absolute atomic E-state index is 14.7. The average molecular weight is 827 g/mol. The Morgan fingerprint density at radius 3 is 2.08 bits per heavy atom. The SMILES string of the molecule is CC(C)=CCCC(C)=CCCC(C)=CCN1CCN(C(=O)C2(C)CC[C@]3(C)CC[C@]4(C)C(=CCC5[C@@]6(C)C(OC(=O)/C=C\C(=O)O)CCC(C)(C)[C@H]6CC[C@]54C)[C@@H]3C2)CC1. The highest BCUT2D eigenvalue weighted by Gasteiger charge is 2.69. The van der Waals surface area contributed by atoms with Crippen LogP contribution in [0.2, 0.25) is 0 Å². The molecule has 0 aromatic heterocycles. The van der Waals surface area contributed by atoms with Crippen molar-refractivity contribution in [3.05, 3.63) is 58.7 Å². The van der Waals surface area contributed by atoms with Crippen molar-refractivity contribution in [3.8, 4) is 0 Å². The zero-order chi connectivity index (χ0) is 43.9. The van der Waals surface area contributed by atoms with Crippen LogP contribution in [0.5, 0.6) is 0 Å². The van der Waals surface area contributed by atoms with Gasteiger partial charge in [-0.3, -0.25) is 9.69 Å². The van der Waals surface area contributed by atoms with E-state index in [1.54, 1.807) is 5.57 Å². The highest BCUT2D eigenvalue weighted by molar-refractivity contribution is 5.90. The van der Waals surface area contributed by atoms with Crippen LogP contribution in [0.3, 0.4) is 0 Å². The van der Waals surface area contributed by atoms with Gasteiger partial charge in [0.15, 0.2) is 0 Å². The van der Waals surface area contributed by atoms with Crippen LogP contribution in [0.1, 0.15) is 166 Å². The number of rotatable bonds is 12. The summed E-state index contributed by atoms with van der Waals surface area (Å²) < 4.78 is 6.29. The normalized spacial score (nSPS) is 38.2. The van der Waals surface area contributed by atoms with Gasteiger partial charge in [-0.15, -0.1) is 0 Å². The maximum Gasteiger partial charge on any atom is 0.331 e. The Morgan fingerprint density at radius 1 is 0.767 bits per heavy atom. The van der Waals surface area contributed by atoms with Crippen LogP contribution in [0.4, 0.5) is 0 Å². The number of fused-ring (bicyclic) bond motifs is 7. The van der Waals surface area contributed by atoms with Crippen LogP contribution >= 0.6 is 0 Å². The fraction of sp³-hybridized carbons (Fsp3) is 0.755. The number of hydrogen-bond acceptors (Lipinski definition) is 5. The molecule has 0 bridgehead atoms. The minimum Gasteiger partial charge on any atom is -0.478 e. The summed E-state index contributed by atoms with van der Waals surface area (Å²) >= 11 is 0. The molecule has 5 fully saturated rings. The Balaban J connectivity index is 1.13. The minimum atomic E-state index is -1.14. The summed E-state index contributed by atoms with van der Waals surface area (Å²) in [6.07, 6.45) is 26.3. The number of amides is 1. The molecule has 1 saturated heterocycles. The molecule has 0 spiro atoms. The molecule has 60 heavy (non-hydrogen) atoms. The maximum atomic E-state index is 14.7. The van der Waals surface area contributed by atoms with E-state index in [0.717, 1.165) is 128 Å². The second-order valence-corrected chi connectivity index (χ2v) is 22.8. The van der Waals surface area contributed by atoms with Crippen molar-refractivity contribution in [2.24, 2.45) is 50.2 Å². The zero-order valence-electron chi connectivity index (χ0n) is 39.7. The number of carboxylic acid groups (broad SMARTS) is 1. The van der Waals surface area contributed by atoms with Gasteiger partial charge in [0.2, 0.25) is 5.91 Å². The quantitative estimate of drug-likeness (QED) is 0.120. The van der Waals surface area contributed by atoms with Gasteiger partial charge in [-0.25, -0.2) is 9.59 Å². The van der Waals surface area contributed by atoms with E-state index in [1.807, 2.05) is 0 Å². The molecule has 7 heteroatoms. The van der Waals surface area contributed by atoms with Crippen LogP contribution in [0.15, 0.2) is 58.7 Å². The van der Waals surface area contributed by atoms with Crippen molar-refractivity contribution >= 4 is 17.8 Å². The summed E-state index contributed by atoms with van der Waals surface area (Å²) in [5.74, 6) is -0.198. The standard InChI is InChI=1S/C53H82N2O5/c1-37(2)14-12-15-38(3)16-13-17-39(4)24-31-54-32-34-55(35-33-54)47(59)50(8)28-27-49(7)29-30-51(9)40(41(49)36-50)18-19-43-52(51,10)26-22-42-48(5,6)25-23-44(53(42,43)11)60-46(58)21-20-45(56)57/h14,16,18,20-21,24,41-44H,12-13,15,17,19,22-23,25-36H2,1-11H3,(H,56,57)/b21-20-,38-16?,39-24?/t41-,42+,43?,44?,49+,50?,51+,52+,53-/m0/s1.